The van der Waals surface area contributed by atoms with E-state index < -0.39 is 0 Å². The molecule has 0 rings (SSSR count). The Morgan fingerprint density at radius 2 is 0.214 bits per heavy atom. The van der Waals surface area contributed by atoms with Crippen molar-refractivity contribution >= 4 is 114 Å². The monoisotopic (exact) mass is 308 g/mol. The SMILES string of the molecule is [O]=[AlH].[O]=[AlH].[O]=[AlH].[O]=[AlH].[O]=[AlH].[O]=[AlH].[O]=[AlH]. The number of hydrogen-bond acceptors (Lipinski definition) is 7. The van der Waals surface area contributed by atoms with Gasteiger partial charge in [-0.25, -0.2) is 0 Å². The molecule has 0 saturated heterocycles. The van der Waals surface area contributed by atoms with Crippen molar-refractivity contribution in [1.29, 1.82) is 0 Å². The molecule has 0 aliphatic carbocycles. The van der Waals surface area contributed by atoms with Gasteiger partial charge in [-0.05, 0) is 0 Å². The molecule has 0 aliphatic rings. The molecule has 0 aromatic rings. The first kappa shape index (κ1) is 44.1. The van der Waals surface area contributed by atoms with E-state index >= 15 is 0 Å². The molecule has 0 aliphatic heterocycles. The molecule has 0 atom stereocenters. The summed E-state index contributed by atoms with van der Waals surface area (Å²) in [6, 6.07) is 0. The fourth-order valence-corrected chi connectivity index (χ4v) is 0. The fourth-order valence-electron chi connectivity index (χ4n) is 0. The molecule has 0 N–H and O–H groups in total. The minimum atomic E-state index is 0.611. The Hall–Kier alpha value is 2.33. The second kappa shape index (κ2) is 581. The van der Waals surface area contributed by atoms with Crippen LogP contribution in [-0.4, -0.2) is 114 Å². The molecule has 70 valence electrons. The van der Waals surface area contributed by atoms with E-state index in [1.165, 1.54) is 0 Å². The Morgan fingerprint density at radius 3 is 0.214 bits per heavy atom. The molecule has 0 aromatic carbocycles. The van der Waals surface area contributed by atoms with Crippen LogP contribution in [0.2, 0.25) is 0 Å². The van der Waals surface area contributed by atoms with Crippen LogP contribution >= 0.6 is 0 Å². The van der Waals surface area contributed by atoms with E-state index in [1.54, 1.807) is 0 Å². The van der Waals surface area contributed by atoms with Crippen LogP contribution in [0, 0.1) is 0 Å². The molecule has 0 bridgehead atoms. The van der Waals surface area contributed by atoms with Crippen molar-refractivity contribution < 1.29 is 26.6 Å². The van der Waals surface area contributed by atoms with Crippen LogP contribution in [0.3, 0.4) is 0 Å². The maximum atomic E-state index is 8.28. The first-order valence-electron chi connectivity index (χ1n) is 2.02. The fraction of sp³-hybridized carbons (Fsp3) is 0. The number of hydrogen-bond donors (Lipinski definition) is 0. The molecule has 7 nitrogen and oxygen atoms in total. The van der Waals surface area contributed by atoms with Crippen molar-refractivity contribution in [3.05, 3.63) is 0 Å². The molecule has 0 saturated carbocycles. The summed E-state index contributed by atoms with van der Waals surface area (Å²) in [5, 5.41) is 0. The van der Waals surface area contributed by atoms with Crippen LogP contribution in [0.5, 0.6) is 0 Å². The van der Waals surface area contributed by atoms with Crippen LogP contribution in [0.25, 0.3) is 0 Å². The molecule has 0 aromatic heterocycles. The third-order valence-corrected chi connectivity index (χ3v) is 0. The van der Waals surface area contributed by atoms with Crippen molar-refractivity contribution in [2.75, 3.05) is 0 Å². The van der Waals surface area contributed by atoms with Crippen LogP contribution in [-0.2, 0) is 26.6 Å². The van der Waals surface area contributed by atoms with Gasteiger partial charge in [0, 0.05) is 0 Å². The summed E-state index contributed by atoms with van der Waals surface area (Å²) in [7, 11) is 0. The summed E-state index contributed by atoms with van der Waals surface area (Å²) >= 11 is 4.28. The predicted octanol–water partition coefficient (Wildman–Crippen LogP) is -5.37. The normalized spacial score (nSPS) is 1.50. The molecule has 0 fully saturated rings. The zero-order valence-electron chi connectivity index (χ0n) is 7.81. The Balaban J connectivity index is -0.00000000817. The first-order chi connectivity index (χ1) is 7.00. The third-order valence-electron chi connectivity index (χ3n) is 0. The van der Waals surface area contributed by atoms with Gasteiger partial charge in [0.1, 0.15) is 0 Å². The van der Waals surface area contributed by atoms with Crippen molar-refractivity contribution in [3.63, 3.8) is 0 Å². The van der Waals surface area contributed by atoms with Crippen LogP contribution in [0.15, 0.2) is 0 Å². The summed E-state index contributed by atoms with van der Waals surface area (Å²) in [5.74, 6) is 0. The zero-order valence-corrected chi connectivity index (χ0v) is 17.7. The molecule has 0 radical (unpaired) electrons. The van der Waals surface area contributed by atoms with Gasteiger partial charge in [-0.15, -0.1) is 0 Å². The van der Waals surface area contributed by atoms with Gasteiger partial charge >= 0.3 is 140 Å². The second-order valence-electron chi connectivity index (χ2n) is 0. The topological polar surface area (TPSA) is 119 Å². The summed E-state index contributed by atoms with van der Waals surface area (Å²) in [6.07, 6.45) is 0. The Kier molecular flexibility index (Phi) is 1830. The van der Waals surface area contributed by atoms with Crippen LogP contribution in [0.4, 0.5) is 0 Å². The second-order valence-corrected chi connectivity index (χ2v) is 0. The van der Waals surface area contributed by atoms with Gasteiger partial charge in [0.15, 0.2) is 0 Å². The average Bonchev–Trinajstić information content (AvgIpc) is 2.45. The van der Waals surface area contributed by atoms with Gasteiger partial charge in [0.05, 0.1) is 0 Å². The van der Waals surface area contributed by atoms with Gasteiger partial charge in [-0.1, -0.05) is 0 Å². The summed E-state index contributed by atoms with van der Waals surface area (Å²) in [5.41, 5.74) is 0. The van der Waals surface area contributed by atoms with Crippen LogP contribution < -0.4 is 0 Å². The molecule has 0 spiro atoms. The van der Waals surface area contributed by atoms with Gasteiger partial charge in [-0.3, -0.25) is 0 Å². The van der Waals surface area contributed by atoms with Gasteiger partial charge < -0.3 is 0 Å². The van der Waals surface area contributed by atoms with E-state index in [0.29, 0.717) is 114 Å². The van der Waals surface area contributed by atoms with Gasteiger partial charge in [-0.2, -0.15) is 0 Å². The Bertz CT molecular complexity index is 33.7. The van der Waals surface area contributed by atoms with Crippen molar-refractivity contribution in [2.24, 2.45) is 0 Å². The van der Waals surface area contributed by atoms with Gasteiger partial charge in [0.25, 0.3) is 0 Å². The maximum absolute atomic E-state index is 8.28. The molecule has 0 heterocycles. The molecular weight excluding hydrogens is 301 g/mol. The van der Waals surface area contributed by atoms with E-state index in [0.717, 1.165) is 0 Å². The van der Waals surface area contributed by atoms with E-state index in [2.05, 4.69) is 0 Å². The van der Waals surface area contributed by atoms with Crippen molar-refractivity contribution in [2.45, 2.75) is 0 Å². The molecular formula is H7Al7O7. The summed E-state index contributed by atoms with van der Waals surface area (Å²) in [6.45, 7) is 0. The van der Waals surface area contributed by atoms with Crippen molar-refractivity contribution in [1.82, 2.24) is 0 Å². The Labute approximate surface area is 138 Å². The van der Waals surface area contributed by atoms with Crippen molar-refractivity contribution in [3.8, 4) is 0 Å². The number of rotatable bonds is 0. The summed E-state index contributed by atoms with van der Waals surface area (Å²) in [4.78, 5) is 0. The summed E-state index contributed by atoms with van der Waals surface area (Å²) < 4.78 is 57.9. The van der Waals surface area contributed by atoms with E-state index in [1.807, 2.05) is 0 Å². The van der Waals surface area contributed by atoms with Gasteiger partial charge in [0.2, 0.25) is 0 Å². The molecule has 14 heteroatoms. The molecule has 0 amide bonds. The van der Waals surface area contributed by atoms with E-state index in [-0.39, 0.29) is 0 Å². The first-order valence-corrected chi connectivity index (χ1v) is 6.06. The quantitative estimate of drug-likeness (QED) is 0.410. The minimum absolute atomic E-state index is 0.611. The third kappa shape index (κ3) is 470. The molecule has 0 unspecified atom stereocenters. The standard InChI is InChI=1S/7Al.7O.7H. The van der Waals surface area contributed by atoms with Crippen LogP contribution in [0.1, 0.15) is 0 Å². The Morgan fingerprint density at radius 1 is 0.214 bits per heavy atom. The van der Waals surface area contributed by atoms with E-state index in [4.69, 9.17) is 26.6 Å². The molecule has 14 heavy (non-hydrogen) atoms. The predicted molar refractivity (Wildman–Crippen MR) is 54.8 cm³/mol. The van der Waals surface area contributed by atoms with E-state index in [9.17, 15) is 0 Å². The zero-order chi connectivity index (χ0) is 14.0. The average molecular weight is 308 g/mol.